The van der Waals surface area contributed by atoms with E-state index >= 15 is 0 Å². The lowest BCUT2D eigenvalue weighted by molar-refractivity contribution is 0.0697. The Labute approximate surface area is 155 Å². The van der Waals surface area contributed by atoms with Crippen LogP contribution in [0.3, 0.4) is 0 Å². The van der Waals surface area contributed by atoms with Gasteiger partial charge in [-0.3, -0.25) is 4.98 Å². The number of nitrogens with one attached hydrogen (secondary N) is 2. The Hall–Kier alpha value is -3.67. The number of aryl methyl sites for hydroxylation is 1. The van der Waals surface area contributed by atoms with Crippen LogP contribution >= 0.6 is 0 Å². The van der Waals surface area contributed by atoms with Crippen molar-refractivity contribution in [2.45, 2.75) is 13.5 Å². The average Bonchev–Trinajstić information content (AvgIpc) is 3.15. The van der Waals surface area contributed by atoms with Gasteiger partial charge < -0.3 is 15.4 Å². The number of aromatic amines is 1. The van der Waals surface area contributed by atoms with Crippen LogP contribution in [0.25, 0.3) is 22.2 Å². The topological polar surface area (TPSA) is 90.9 Å². The normalized spacial score (nSPS) is 10.9. The molecule has 3 heterocycles. The van der Waals surface area contributed by atoms with Crippen molar-refractivity contribution in [3.63, 3.8) is 0 Å². The number of aromatic carboxylic acids is 1. The Bertz CT molecular complexity index is 1120. The van der Waals surface area contributed by atoms with E-state index < -0.39 is 5.97 Å². The van der Waals surface area contributed by atoms with E-state index in [0.29, 0.717) is 6.54 Å². The third-order valence-corrected chi connectivity index (χ3v) is 4.47. The molecule has 1 aromatic carbocycles. The molecule has 0 saturated heterocycles. The van der Waals surface area contributed by atoms with Gasteiger partial charge in [-0.1, -0.05) is 12.1 Å². The highest BCUT2D eigenvalue weighted by atomic mass is 16.4. The summed E-state index contributed by atoms with van der Waals surface area (Å²) in [7, 11) is 0. The van der Waals surface area contributed by atoms with Gasteiger partial charge in [0.05, 0.1) is 17.8 Å². The molecule has 4 rings (SSSR count). The van der Waals surface area contributed by atoms with Gasteiger partial charge in [0.1, 0.15) is 11.5 Å². The van der Waals surface area contributed by atoms with Crippen LogP contribution in [-0.4, -0.2) is 26.0 Å². The molecule has 4 aromatic rings. The Kier molecular flexibility index (Phi) is 4.30. The Morgan fingerprint density at radius 3 is 2.78 bits per heavy atom. The highest BCUT2D eigenvalue weighted by Crippen LogP contribution is 2.32. The quantitative estimate of drug-likeness (QED) is 0.496. The Balaban J connectivity index is 1.74. The first-order chi connectivity index (χ1) is 13.1. The van der Waals surface area contributed by atoms with Crippen molar-refractivity contribution in [1.29, 1.82) is 0 Å². The largest absolute Gasteiger partial charge is 0.478 e. The number of pyridine rings is 2. The summed E-state index contributed by atoms with van der Waals surface area (Å²) >= 11 is 0. The first-order valence-electron chi connectivity index (χ1n) is 8.58. The standard InChI is InChI=1S/C21H18N4O2/c1-13-10-14(21(26)27)5-6-16(13)18-11-19(25-20-17(18)7-9-23-20)24-12-15-4-2-3-8-22-15/h2-11H,12H2,1H3,(H,26,27)(H2,23,24,25). The summed E-state index contributed by atoms with van der Waals surface area (Å²) in [6.45, 7) is 2.48. The maximum atomic E-state index is 11.2. The van der Waals surface area contributed by atoms with Gasteiger partial charge in [0.15, 0.2) is 0 Å². The predicted octanol–water partition coefficient (Wildman–Crippen LogP) is 4.24. The highest BCUT2D eigenvalue weighted by Gasteiger charge is 2.13. The lowest BCUT2D eigenvalue weighted by Crippen LogP contribution is -2.03. The van der Waals surface area contributed by atoms with Crippen molar-refractivity contribution in [3.05, 3.63) is 77.7 Å². The molecule has 0 bridgehead atoms. The minimum Gasteiger partial charge on any atom is -0.478 e. The lowest BCUT2D eigenvalue weighted by atomic mass is 9.97. The van der Waals surface area contributed by atoms with Crippen molar-refractivity contribution in [1.82, 2.24) is 15.0 Å². The van der Waals surface area contributed by atoms with Crippen LogP contribution in [0, 0.1) is 6.92 Å². The molecule has 0 spiro atoms. The molecule has 0 aliphatic rings. The van der Waals surface area contributed by atoms with Crippen molar-refractivity contribution < 1.29 is 9.90 Å². The van der Waals surface area contributed by atoms with Crippen LogP contribution in [0.2, 0.25) is 0 Å². The van der Waals surface area contributed by atoms with Crippen LogP contribution in [0.4, 0.5) is 5.82 Å². The van der Waals surface area contributed by atoms with E-state index in [0.717, 1.165) is 39.2 Å². The molecule has 0 aliphatic carbocycles. The fourth-order valence-corrected chi connectivity index (χ4v) is 3.13. The second-order valence-electron chi connectivity index (χ2n) is 6.30. The molecular formula is C21H18N4O2. The number of benzene rings is 1. The van der Waals surface area contributed by atoms with Gasteiger partial charge in [0.2, 0.25) is 0 Å². The summed E-state index contributed by atoms with van der Waals surface area (Å²) in [5.74, 6) is -0.198. The summed E-state index contributed by atoms with van der Waals surface area (Å²) in [6, 6.07) is 14.9. The second kappa shape index (κ2) is 6.92. The van der Waals surface area contributed by atoms with E-state index in [1.807, 2.05) is 49.5 Å². The minimum atomic E-state index is -0.927. The molecule has 3 N–H and O–H groups in total. The van der Waals surface area contributed by atoms with Gasteiger partial charge in [-0.05, 0) is 60.0 Å². The molecule has 6 nitrogen and oxygen atoms in total. The molecule has 134 valence electrons. The number of nitrogens with zero attached hydrogens (tertiary/aromatic N) is 2. The van der Waals surface area contributed by atoms with Crippen LogP contribution < -0.4 is 5.32 Å². The number of hydrogen-bond acceptors (Lipinski definition) is 4. The predicted molar refractivity (Wildman–Crippen MR) is 105 cm³/mol. The number of rotatable bonds is 5. The van der Waals surface area contributed by atoms with E-state index in [1.54, 1.807) is 18.3 Å². The van der Waals surface area contributed by atoms with Crippen molar-refractivity contribution in [2.24, 2.45) is 0 Å². The van der Waals surface area contributed by atoms with E-state index in [1.165, 1.54) is 0 Å². The van der Waals surface area contributed by atoms with Crippen molar-refractivity contribution in [2.75, 3.05) is 5.32 Å². The summed E-state index contributed by atoms with van der Waals surface area (Å²) in [5, 5.41) is 13.5. The summed E-state index contributed by atoms with van der Waals surface area (Å²) in [6.07, 6.45) is 3.61. The van der Waals surface area contributed by atoms with Gasteiger partial charge in [0.25, 0.3) is 0 Å². The molecule has 6 heteroatoms. The number of carboxylic acid groups (broad SMARTS) is 1. The summed E-state index contributed by atoms with van der Waals surface area (Å²) in [5.41, 5.74) is 4.86. The van der Waals surface area contributed by atoms with E-state index in [-0.39, 0.29) is 5.56 Å². The van der Waals surface area contributed by atoms with Gasteiger partial charge in [-0.2, -0.15) is 0 Å². The number of anilines is 1. The van der Waals surface area contributed by atoms with E-state index in [4.69, 9.17) is 0 Å². The van der Waals surface area contributed by atoms with Crippen LogP contribution in [0.15, 0.2) is 60.9 Å². The number of carboxylic acids is 1. The first-order valence-corrected chi connectivity index (χ1v) is 8.58. The average molecular weight is 358 g/mol. The number of hydrogen-bond donors (Lipinski definition) is 3. The second-order valence-corrected chi connectivity index (χ2v) is 6.30. The van der Waals surface area contributed by atoms with Gasteiger partial charge >= 0.3 is 5.97 Å². The molecule has 27 heavy (non-hydrogen) atoms. The summed E-state index contributed by atoms with van der Waals surface area (Å²) < 4.78 is 0. The molecule has 0 unspecified atom stereocenters. The molecule has 0 radical (unpaired) electrons. The van der Waals surface area contributed by atoms with Crippen LogP contribution in [0.5, 0.6) is 0 Å². The zero-order chi connectivity index (χ0) is 18.8. The smallest absolute Gasteiger partial charge is 0.335 e. The monoisotopic (exact) mass is 358 g/mol. The zero-order valence-corrected chi connectivity index (χ0v) is 14.7. The van der Waals surface area contributed by atoms with Crippen molar-refractivity contribution >= 4 is 22.8 Å². The van der Waals surface area contributed by atoms with Crippen LogP contribution in [-0.2, 0) is 6.54 Å². The SMILES string of the molecule is Cc1cc(C(=O)O)ccc1-c1cc(NCc2ccccn2)nc2[nH]ccc12. The molecule has 0 amide bonds. The molecular weight excluding hydrogens is 340 g/mol. The van der Waals surface area contributed by atoms with Crippen LogP contribution in [0.1, 0.15) is 21.6 Å². The molecule has 3 aromatic heterocycles. The minimum absolute atomic E-state index is 0.282. The number of carbonyl (C=O) groups is 1. The summed E-state index contributed by atoms with van der Waals surface area (Å²) in [4.78, 5) is 23.3. The highest BCUT2D eigenvalue weighted by molar-refractivity contribution is 5.96. The molecule has 0 saturated carbocycles. The number of fused-ring (bicyclic) bond motifs is 1. The fraction of sp³-hybridized carbons (Fsp3) is 0.0952. The molecule has 0 aliphatic heterocycles. The van der Waals surface area contributed by atoms with Gasteiger partial charge in [-0.15, -0.1) is 0 Å². The molecule has 0 fully saturated rings. The number of H-pyrrole nitrogens is 1. The lowest BCUT2D eigenvalue weighted by Gasteiger charge is -2.12. The van der Waals surface area contributed by atoms with Gasteiger partial charge in [0, 0.05) is 17.8 Å². The van der Waals surface area contributed by atoms with Gasteiger partial charge in [-0.25, -0.2) is 9.78 Å². The third-order valence-electron chi connectivity index (χ3n) is 4.47. The maximum absolute atomic E-state index is 11.2. The maximum Gasteiger partial charge on any atom is 0.335 e. The fourth-order valence-electron chi connectivity index (χ4n) is 3.13. The van der Waals surface area contributed by atoms with Crippen molar-refractivity contribution in [3.8, 4) is 11.1 Å². The molecule has 0 atom stereocenters. The number of aromatic nitrogens is 3. The first kappa shape index (κ1) is 16.8. The van der Waals surface area contributed by atoms with E-state index in [9.17, 15) is 9.90 Å². The Morgan fingerprint density at radius 1 is 1.15 bits per heavy atom. The Morgan fingerprint density at radius 2 is 2.04 bits per heavy atom. The third kappa shape index (κ3) is 3.37. The van der Waals surface area contributed by atoms with E-state index in [2.05, 4.69) is 20.3 Å². The zero-order valence-electron chi connectivity index (χ0n) is 14.7.